The molecule has 0 spiro atoms. The van der Waals surface area contributed by atoms with Gasteiger partial charge in [-0.1, -0.05) is 30.3 Å². The molecule has 2 rings (SSSR count). The first kappa shape index (κ1) is 14.5. The standard InChI is InChI=1S/C15H20N2O3/c1-11(16-10-12-6-3-2-4-7-12)14(18)17-9-5-8-13(17)15(19)20/h2-4,6-7,11,13,16H,5,8-10H2,1H3,(H,19,20)/t11-,13?/m0/s1. The Morgan fingerprint density at radius 3 is 2.75 bits per heavy atom. The molecular formula is C15H20N2O3. The molecule has 2 N–H and O–H groups in total. The molecule has 1 aromatic carbocycles. The lowest BCUT2D eigenvalue weighted by molar-refractivity contribution is -0.148. The normalized spacial score (nSPS) is 19.9. The van der Waals surface area contributed by atoms with Gasteiger partial charge in [-0.25, -0.2) is 4.79 Å². The van der Waals surface area contributed by atoms with Crippen LogP contribution in [-0.2, 0) is 16.1 Å². The molecule has 1 unspecified atom stereocenters. The van der Waals surface area contributed by atoms with Gasteiger partial charge in [0.05, 0.1) is 6.04 Å². The number of aliphatic carboxylic acids is 1. The Hall–Kier alpha value is -1.88. The Balaban J connectivity index is 1.90. The summed E-state index contributed by atoms with van der Waals surface area (Å²) in [5.74, 6) is -1.04. The molecule has 108 valence electrons. The average molecular weight is 276 g/mol. The van der Waals surface area contributed by atoms with E-state index in [9.17, 15) is 9.59 Å². The first-order valence-corrected chi connectivity index (χ1v) is 6.90. The molecule has 1 amide bonds. The summed E-state index contributed by atoms with van der Waals surface area (Å²) in [6, 6.07) is 8.77. The minimum Gasteiger partial charge on any atom is -0.480 e. The van der Waals surface area contributed by atoms with Crippen LogP contribution in [0.3, 0.4) is 0 Å². The van der Waals surface area contributed by atoms with E-state index >= 15 is 0 Å². The van der Waals surface area contributed by atoms with Gasteiger partial charge < -0.3 is 15.3 Å². The SMILES string of the molecule is C[C@H](NCc1ccccc1)C(=O)N1CCCC1C(=O)O. The predicted octanol–water partition coefficient (Wildman–Crippen LogP) is 1.24. The molecule has 1 heterocycles. The van der Waals surface area contributed by atoms with Crippen molar-refractivity contribution in [3.05, 3.63) is 35.9 Å². The average Bonchev–Trinajstić information content (AvgIpc) is 2.94. The molecule has 1 saturated heterocycles. The minimum absolute atomic E-state index is 0.133. The van der Waals surface area contributed by atoms with Crippen molar-refractivity contribution < 1.29 is 14.7 Å². The number of nitrogens with zero attached hydrogens (tertiary/aromatic N) is 1. The lowest BCUT2D eigenvalue weighted by atomic mass is 10.2. The minimum atomic E-state index is -0.911. The second kappa shape index (κ2) is 6.52. The number of carboxylic acid groups (broad SMARTS) is 1. The molecule has 1 aliphatic rings. The zero-order chi connectivity index (χ0) is 14.5. The molecule has 1 aliphatic heterocycles. The number of hydrogen-bond donors (Lipinski definition) is 2. The summed E-state index contributed by atoms with van der Waals surface area (Å²) in [4.78, 5) is 24.9. The first-order valence-electron chi connectivity index (χ1n) is 6.90. The summed E-state index contributed by atoms with van der Waals surface area (Å²) in [5.41, 5.74) is 1.10. The Morgan fingerprint density at radius 2 is 2.10 bits per heavy atom. The van der Waals surface area contributed by atoms with Crippen LogP contribution in [0.1, 0.15) is 25.3 Å². The second-order valence-corrected chi connectivity index (χ2v) is 5.12. The van der Waals surface area contributed by atoms with Gasteiger partial charge in [0.25, 0.3) is 0 Å². The molecule has 5 nitrogen and oxygen atoms in total. The molecule has 1 fully saturated rings. The van der Waals surface area contributed by atoms with Crippen molar-refractivity contribution in [1.29, 1.82) is 0 Å². The van der Waals surface area contributed by atoms with E-state index in [1.807, 2.05) is 30.3 Å². The van der Waals surface area contributed by atoms with Crippen LogP contribution in [0.2, 0.25) is 0 Å². The van der Waals surface area contributed by atoms with E-state index in [2.05, 4.69) is 5.32 Å². The highest BCUT2D eigenvalue weighted by Crippen LogP contribution is 2.18. The van der Waals surface area contributed by atoms with E-state index in [1.54, 1.807) is 6.92 Å². The molecule has 0 aliphatic carbocycles. The number of carbonyl (C=O) groups excluding carboxylic acids is 1. The highest BCUT2D eigenvalue weighted by atomic mass is 16.4. The molecule has 0 bridgehead atoms. The van der Waals surface area contributed by atoms with E-state index < -0.39 is 12.0 Å². The van der Waals surface area contributed by atoms with E-state index in [1.165, 1.54) is 4.90 Å². The number of amides is 1. The number of carbonyl (C=O) groups is 2. The summed E-state index contributed by atoms with van der Waals surface area (Å²) in [6.07, 6.45) is 1.31. The number of rotatable bonds is 5. The molecule has 0 aromatic heterocycles. The van der Waals surface area contributed by atoms with Crippen molar-refractivity contribution >= 4 is 11.9 Å². The summed E-state index contributed by atoms with van der Waals surface area (Å²) in [5, 5.41) is 12.3. The fourth-order valence-electron chi connectivity index (χ4n) is 2.49. The van der Waals surface area contributed by atoms with Gasteiger partial charge in [0, 0.05) is 13.1 Å². The third-order valence-electron chi connectivity index (χ3n) is 3.65. The monoisotopic (exact) mass is 276 g/mol. The van der Waals surface area contributed by atoms with Crippen LogP contribution >= 0.6 is 0 Å². The third kappa shape index (κ3) is 3.36. The Morgan fingerprint density at radius 1 is 1.40 bits per heavy atom. The maximum atomic E-state index is 12.3. The molecule has 5 heteroatoms. The Labute approximate surface area is 118 Å². The maximum absolute atomic E-state index is 12.3. The van der Waals surface area contributed by atoms with Gasteiger partial charge in [-0.2, -0.15) is 0 Å². The van der Waals surface area contributed by atoms with Crippen molar-refractivity contribution in [1.82, 2.24) is 10.2 Å². The van der Waals surface area contributed by atoms with Gasteiger partial charge in [0.2, 0.25) is 5.91 Å². The lowest BCUT2D eigenvalue weighted by Gasteiger charge is -2.25. The summed E-state index contributed by atoms with van der Waals surface area (Å²) < 4.78 is 0. The van der Waals surface area contributed by atoms with Gasteiger partial charge in [-0.05, 0) is 25.3 Å². The molecule has 1 aromatic rings. The van der Waals surface area contributed by atoms with E-state index in [0.717, 1.165) is 12.0 Å². The van der Waals surface area contributed by atoms with Crippen molar-refractivity contribution in [2.75, 3.05) is 6.54 Å². The van der Waals surface area contributed by atoms with Crippen LogP contribution < -0.4 is 5.32 Å². The van der Waals surface area contributed by atoms with Crippen molar-refractivity contribution in [2.45, 2.75) is 38.4 Å². The molecule has 2 atom stereocenters. The van der Waals surface area contributed by atoms with Gasteiger partial charge >= 0.3 is 5.97 Å². The number of carboxylic acids is 1. The van der Waals surface area contributed by atoms with Crippen molar-refractivity contribution in [3.8, 4) is 0 Å². The fourth-order valence-corrected chi connectivity index (χ4v) is 2.49. The number of likely N-dealkylation sites (tertiary alicyclic amines) is 1. The van der Waals surface area contributed by atoms with Gasteiger partial charge in [-0.3, -0.25) is 4.79 Å². The smallest absolute Gasteiger partial charge is 0.326 e. The van der Waals surface area contributed by atoms with Crippen LogP contribution in [0.5, 0.6) is 0 Å². The summed E-state index contributed by atoms with van der Waals surface area (Å²) in [6.45, 7) is 2.91. The summed E-state index contributed by atoms with van der Waals surface area (Å²) in [7, 11) is 0. The van der Waals surface area contributed by atoms with Crippen LogP contribution in [0.25, 0.3) is 0 Å². The Bertz CT molecular complexity index is 475. The van der Waals surface area contributed by atoms with Crippen LogP contribution in [0.4, 0.5) is 0 Å². The van der Waals surface area contributed by atoms with Crippen LogP contribution in [0.15, 0.2) is 30.3 Å². The molecule has 0 saturated carbocycles. The molecule has 0 radical (unpaired) electrons. The fraction of sp³-hybridized carbons (Fsp3) is 0.467. The highest BCUT2D eigenvalue weighted by molar-refractivity contribution is 5.87. The zero-order valence-corrected chi connectivity index (χ0v) is 11.6. The number of hydrogen-bond acceptors (Lipinski definition) is 3. The third-order valence-corrected chi connectivity index (χ3v) is 3.65. The Kier molecular flexibility index (Phi) is 4.74. The maximum Gasteiger partial charge on any atom is 0.326 e. The topological polar surface area (TPSA) is 69.6 Å². The molecule has 20 heavy (non-hydrogen) atoms. The first-order chi connectivity index (χ1) is 9.59. The van der Waals surface area contributed by atoms with Gasteiger partial charge in [-0.15, -0.1) is 0 Å². The zero-order valence-electron chi connectivity index (χ0n) is 11.6. The largest absolute Gasteiger partial charge is 0.480 e. The quantitative estimate of drug-likeness (QED) is 0.849. The van der Waals surface area contributed by atoms with Crippen molar-refractivity contribution in [2.24, 2.45) is 0 Å². The number of nitrogens with one attached hydrogen (secondary N) is 1. The van der Waals surface area contributed by atoms with E-state index in [4.69, 9.17) is 5.11 Å². The van der Waals surface area contributed by atoms with E-state index in [-0.39, 0.29) is 11.9 Å². The van der Waals surface area contributed by atoms with E-state index in [0.29, 0.717) is 19.5 Å². The number of benzene rings is 1. The summed E-state index contributed by atoms with van der Waals surface area (Å²) >= 11 is 0. The predicted molar refractivity (Wildman–Crippen MR) is 75.1 cm³/mol. The second-order valence-electron chi connectivity index (χ2n) is 5.12. The van der Waals surface area contributed by atoms with Crippen LogP contribution in [0, 0.1) is 0 Å². The highest BCUT2D eigenvalue weighted by Gasteiger charge is 2.35. The lowest BCUT2D eigenvalue weighted by Crippen LogP contribution is -2.48. The molecular weight excluding hydrogens is 256 g/mol. The van der Waals surface area contributed by atoms with Gasteiger partial charge in [0.1, 0.15) is 6.04 Å². The van der Waals surface area contributed by atoms with Gasteiger partial charge in [0.15, 0.2) is 0 Å². The van der Waals surface area contributed by atoms with Crippen molar-refractivity contribution in [3.63, 3.8) is 0 Å². The van der Waals surface area contributed by atoms with Crippen LogP contribution in [-0.4, -0.2) is 40.5 Å².